The highest BCUT2D eigenvalue weighted by molar-refractivity contribution is 5.72. The van der Waals surface area contributed by atoms with Crippen molar-refractivity contribution in [2.24, 2.45) is 5.41 Å². The first-order valence-electron chi connectivity index (χ1n) is 5.48. The largest absolute Gasteiger partial charge is 0.431 e. The van der Waals surface area contributed by atoms with Gasteiger partial charge < -0.3 is 4.74 Å². The third-order valence-corrected chi connectivity index (χ3v) is 3.10. The first kappa shape index (κ1) is 9.75. The molecule has 1 saturated heterocycles. The van der Waals surface area contributed by atoms with Crippen molar-refractivity contribution in [2.75, 3.05) is 0 Å². The molecule has 2 nitrogen and oxygen atoms in total. The van der Waals surface area contributed by atoms with Crippen LogP contribution in [0, 0.1) is 5.41 Å². The minimum absolute atomic E-state index is 0.0457. The van der Waals surface area contributed by atoms with E-state index >= 15 is 0 Å². The fourth-order valence-electron chi connectivity index (χ4n) is 2.38. The van der Waals surface area contributed by atoms with E-state index in [9.17, 15) is 4.79 Å². The Morgan fingerprint density at radius 2 is 1.79 bits per heavy atom. The molecule has 0 atom stereocenters. The Labute approximate surface area is 85.3 Å². The van der Waals surface area contributed by atoms with E-state index in [1.165, 1.54) is 18.4 Å². The number of carbonyl (C=O) groups is 1. The van der Waals surface area contributed by atoms with Crippen molar-refractivity contribution in [2.45, 2.75) is 52.4 Å². The van der Waals surface area contributed by atoms with Gasteiger partial charge in [0.25, 0.3) is 0 Å². The van der Waals surface area contributed by atoms with Crippen LogP contribution in [-0.2, 0) is 9.53 Å². The number of allylic oxidation sites excluding steroid dienone is 2. The van der Waals surface area contributed by atoms with Crippen LogP contribution in [0.1, 0.15) is 52.4 Å². The van der Waals surface area contributed by atoms with E-state index in [0.29, 0.717) is 6.42 Å². The average Bonchev–Trinajstić information content (AvgIpc) is 2.51. The summed E-state index contributed by atoms with van der Waals surface area (Å²) in [7, 11) is 0. The molecule has 78 valence electrons. The summed E-state index contributed by atoms with van der Waals surface area (Å²) in [5, 5.41) is 0. The summed E-state index contributed by atoms with van der Waals surface area (Å²) in [6.45, 7) is 4.28. The number of hydrogen-bond acceptors (Lipinski definition) is 2. The van der Waals surface area contributed by atoms with Crippen LogP contribution >= 0.6 is 0 Å². The number of hydrogen-bond donors (Lipinski definition) is 0. The zero-order chi connectivity index (χ0) is 10.2. The Bertz CT molecular complexity index is 279. The smallest absolute Gasteiger partial charge is 0.311 e. The molecule has 0 unspecified atom stereocenters. The Hall–Kier alpha value is -0.790. The van der Waals surface area contributed by atoms with Crippen LogP contribution in [0.4, 0.5) is 0 Å². The minimum Gasteiger partial charge on any atom is -0.431 e. The van der Waals surface area contributed by atoms with Gasteiger partial charge in [0.05, 0.1) is 6.42 Å². The summed E-state index contributed by atoms with van der Waals surface area (Å²) < 4.78 is 5.35. The van der Waals surface area contributed by atoms with E-state index in [1.807, 2.05) is 0 Å². The molecule has 0 aromatic carbocycles. The van der Waals surface area contributed by atoms with Crippen LogP contribution in [-0.4, -0.2) is 5.97 Å². The van der Waals surface area contributed by atoms with Gasteiger partial charge in [0, 0.05) is 6.42 Å². The van der Waals surface area contributed by atoms with Crippen LogP contribution in [0.25, 0.3) is 0 Å². The summed E-state index contributed by atoms with van der Waals surface area (Å²) in [6.07, 6.45) is 6.29. The predicted octanol–water partition coefficient (Wildman–Crippen LogP) is 3.18. The molecule has 2 fully saturated rings. The second-order valence-electron chi connectivity index (χ2n) is 5.23. The Morgan fingerprint density at radius 1 is 1.14 bits per heavy atom. The van der Waals surface area contributed by atoms with Gasteiger partial charge in [-0.2, -0.15) is 0 Å². The average molecular weight is 194 g/mol. The van der Waals surface area contributed by atoms with Crippen molar-refractivity contribution in [1.29, 1.82) is 0 Å². The SMILES string of the molecule is CC1(C)CC(=O)OC(=C2CCCC2)C1. The zero-order valence-electron chi connectivity index (χ0n) is 9.06. The van der Waals surface area contributed by atoms with E-state index < -0.39 is 0 Å². The van der Waals surface area contributed by atoms with Gasteiger partial charge in [-0.3, -0.25) is 4.79 Å². The third kappa shape index (κ3) is 1.99. The predicted molar refractivity (Wildman–Crippen MR) is 54.6 cm³/mol. The maximum Gasteiger partial charge on any atom is 0.311 e. The third-order valence-electron chi connectivity index (χ3n) is 3.10. The van der Waals surface area contributed by atoms with E-state index in [-0.39, 0.29) is 11.4 Å². The highest BCUT2D eigenvalue weighted by Crippen LogP contribution is 2.39. The minimum atomic E-state index is -0.0457. The van der Waals surface area contributed by atoms with Crippen molar-refractivity contribution >= 4 is 5.97 Å². The van der Waals surface area contributed by atoms with Crippen LogP contribution in [0.5, 0.6) is 0 Å². The molecule has 0 aromatic heterocycles. The molecule has 0 radical (unpaired) electrons. The van der Waals surface area contributed by atoms with Gasteiger partial charge in [0.15, 0.2) is 0 Å². The van der Waals surface area contributed by atoms with Gasteiger partial charge in [-0.05, 0) is 36.7 Å². The molecular formula is C12H18O2. The van der Waals surface area contributed by atoms with Crippen molar-refractivity contribution < 1.29 is 9.53 Å². The zero-order valence-corrected chi connectivity index (χ0v) is 9.06. The van der Waals surface area contributed by atoms with Gasteiger partial charge in [-0.25, -0.2) is 0 Å². The molecule has 0 aromatic rings. The van der Waals surface area contributed by atoms with E-state index in [0.717, 1.165) is 25.0 Å². The molecule has 1 aliphatic heterocycles. The number of rotatable bonds is 0. The number of esters is 1. The molecule has 2 aliphatic rings. The molecular weight excluding hydrogens is 176 g/mol. The molecule has 0 bridgehead atoms. The Morgan fingerprint density at radius 3 is 2.36 bits per heavy atom. The quantitative estimate of drug-likeness (QED) is 0.554. The summed E-state index contributed by atoms with van der Waals surface area (Å²) in [5.74, 6) is 0.944. The fourth-order valence-corrected chi connectivity index (χ4v) is 2.38. The molecule has 14 heavy (non-hydrogen) atoms. The van der Waals surface area contributed by atoms with Crippen LogP contribution < -0.4 is 0 Å². The number of cyclic esters (lactones) is 1. The van der Waals surface area contributed by atoms with Gasteiger partial charge >= 0.3 is 5.97 Å². The lowest BCUT2D eigenvalue weighted by Gasteiger charge is -2.30. The molecule has 0 N–H and O–H groups in total. The molecule has 1 aliphatic carbocycles. The van der Waals surface area contributed by atoms with Crippen molar-refractivity contribution in [3.05, 3.63) is 11.3 Å². The summed E-state index contributed by atoms with van der Waals surface area (Å²) in [6, 6.07) is 0. The molecule has 1 heterocycles. The number of ether oxygens (including phenoxy) is 1. The summed E-state index contributed by atoms with van der Waals surface area (Å²) in [4.78, 5) is 11.4. The maximum absolute atomic E-state index is 11.4. The standard InChI is InChI=1S/C12H18O2/c1-12(2)7-10(14-11(13)8-12)9-5-3-4-6-9/h3-8H2,1-2H3. The van der Waals surface area contributed by atoms with E-state index in [2.05, 4.69) is 13.8 Å². The first-order chi connectivity index (χ1) is 6.57. The molecule has 0 amide bonds. The summed E-state index contributed by atoms with van der Waals surface area (Å²) in [5.41, 5.74) is 1.49. The molecule has 0 spiro atoms. The van der Waals surface area contributed by atoms with Crippen LogP contribution in [0.3, 0.4) is 0 Å². The summed E-state index contributed by atoms with van der Waals surface area (Å²) >= 11 is 0. The highest BCUT2D eigenvalue weighted by atomic mass is 16.5. The van der Waals surface area contributed by atoms with Gasteiger partial charge in [0.1, 0.15) is 5.76 Å². The molecule has 2 heteroatoms. The van der Waals surface area contributed by atoms with Crippen molar-refractivity contribution in [3.8, 4) is 0 Å². The maximum atomic E-state index is 11.4. The highest BCUT2D eigenvalue weighted by Gasteiger charge is 2.32. The normalized spacial score (nSPS) is 26.6. The van der Waals surface area contributed by atoms with Crippen molar-refractivity contribution in [3.63, 3.8) is 0 Å². The lowest BCUT2D eigenvalue weighted by molar-refractivity contribution is -0.146. The first-order valence-corrected chi connectivity index (χ1v) is 5.48. The molecule has 1 saturated carbocycles. The molecule has 2 rings (SSSR count). The van der Waals surface area contributed by atoms with Crippen molar-refractivity contribution in [1.82, 2.24) is 0 Å². The van der Waals surface area contributed by atoms with Crippen LogP contribution in [0.15, 0.2) is 11.3 Å². The topological polar surface area (TPSA) is 26.3 Å². The van der Waals surface area contributed by atoms with Crippen LogP contribution in [0.2, 0.25) is 0 Å². The lowest BCUT2D eigenvalue weighted by Crippen LogP contribution is -2.26. The lowest BCUT2D eigenvalue weighted by atomic mass is 9.82. The monoisotopic (exact) mass is 194 g/mol. The second kappa shape index (κ2) is 3.41. The van der Waals surface area contributed by atoms with E-state index in [1.54, 1.807) is 0 Å². The second-order valence-corrected chi connectivity index (χ2v) is 5.23. The fraction of sp³-hybridized carbons (Fsp3) is 0.750. The van der Waals surface area contributed by atoms with E-state index in [4.69, 9.17) is 4.74 Å². The Balaban J connectivity index is 2.20. The van der Waals surface area contributed by atoms with Gasteiger partial charge in [-0.1, -0.05) is 13.8 Å². The van der Waals surface area contributed by atoms with Gasteiger partial charge in [0.2, 0.25) is 0 Å². The number of carbonyl (C=O) groups excluding carboxylic acids is 1. The van der Waals surface area contributed by atoms with Gasteiger partial charge in [-0.15, -0.1) is 0 Å². The Kier molecular flexibility index (Phi) is 2.38.